The van der Waals surface area contributed by atoms with Crippen LogP contribution in [-0.4, -0.2) is 4.98 Å². The minimum Gasteiger partial charge on any atom is -0.361 e. The van der Waals surface area contributed by atoms with E-state index in [1.165, 1.54) is 11.3 Å². The third kappa shape index (κ3) is 1.17. The third-order valence-electron chi connectivity index (χ3n) is 1.68. The maximum atomic E-state index is 3.15. The first-order valence-corrected chi connectivity index (χ1v) is 3.65. The summed E-state index contributed by atoms with van der Waals surface area (Å²) in [5.41, 5.74) is 2.41. The smallest absolute Gasteiger partial charge is 0.0453 e. The lowest BCUT2D eigenvalue weighted by molar-refractivity contribution is 1.37. The molecule has 0 aliphatic heterocycles. The summed E-state index contributed by atoms with van der Waals surface area (Å²) < 4.78 is 0. The van der Waals surface area contributed by atoms with Gasteiger partial charge < -0.3 is 4.98 Å². The number of allylic oxidation sites excluding steroid dienone is 4. The maximum absolute atomic E-state index is 3.15. The molecule has 1 N–H and O–H groups in total. The molecule has 1 aromatic heterocycles. The second kappa shape index (κ2) is 2.62. The Morgan fingerprint density at radius 1 is 0.909 bits per heavy atom. The van der Waals surface area contributed by atoms with E-state index in [1.807, 2.05) is 30.5 Å². The van der Waals surface area contributed by atoms with Crippen LogP contribution in [0.25, 0.3) is 12.2 Å². The molecular weight excluding hydrogens is 134 g/mol. The van der Waals surface area contributed by atoms with Crippen LogP contribution in [0.3, 0.4) is 0 Å². The second-order valence-electron chi connectivity index (χ2n) is 2.45. The highest BCUT2D eigenvalue weighted by atomic mass is 14.7. The van der Waals surface area contributed by atoms with Crippen LogP contribution in [0.15, 0.2) is 36.6 Å². The van der Waals surface area contributed by atoms with E-state index in [4.69, 9.17) is 0 Å². The normalized spacial score (nSPS) is 22.9. The van der Waals surface area contributed by atoms with Crippen LogP contribution in [0, 0.1) is 0 Å². The zero-order valence-corrected chi connectivity index (χ0v) is 6.12. The monoisotopic (exact) mass is 143 g/mol. The first-order chi connectivity index (χ1) is 5.47. The fourth-order valence-electron chi connectivity index (χ4n) is 1.12. The van der Waals surface area contributed by atoms with Crippen molar-refractivity contribution < 1.29 is 0 Å². The van der Waals surface area contributed by atoms with Crippen molar-refractivity contribution in [2.75, 3.05) is 0 Å². The number of aromatic amines is 1. The molecule has 0 bridgehead atoms. The van der Waals surface area contributed by atoms with Crippen LogP contribution in [0.1, 0.15) is 11.3 Å². The third-order valence-corrected chi connectivity index (χ3v) is 1.68. The molecule has 0 aromatic carbocycles. The Hall–Kier alpha value is -1.50. The Balaban J connectivity index is 2.52. The standard InChI is InChI=1S/C10H9N/c1-2-4-6-10-9(5-3-1)7-8-11-10/h1-8,11H/b2-1-,3-1?,4-2?,5-3-,6-4-,9-5?,10-6?. The number of fused-ring (bicyclic) bond motifs is 1. The van der Waals surface area contributed by atoms with Crippen LogP contribution >= 0.6 is 0 Å². The molecule has 1 nitrogen and oxygen atoms in total. The van der Waals surface area contributed by atoms with Crippen molar-refractivity contribution in [3.63, 3.8) is 0 Å². The topological polar surface area (TPSA) is 15.8 Å². The lowest BCUT2D eigenvalue weighted by Gasteiger charge is -1.92. The molecular formula is C10H9N. The van der Waals surface area contributed by atoms with E-state index in [2.05, 4.69) is 23.2 Å². The molecule has 2 rings (SSSR count). The molecule has 0 spiro atoms. The van der Waals surface area contributed by atoms with Crippen molar-refractivity contribution in [1.82, 2.24) is 4.98 Å². The zero-order chi connectivity index (χ0) is 7.52. The Bertz CT molecular complexity index is 296. The van der Waals surface area contributed by atoms with Gasteiger partial charge in [-0.15, -0.1) is 0 Å². The van der Waals surface area contributed by atoms with Crippen molar-refractivity contribution >= 4 is 12.2 Å². The van der Waals surface area contributed by atoms with Gasteiger partial charge in [-0.25, -0.2) is 0 Å². The summed E-state index contributed by atoms with van der Waals surface area (Å²) in [6.07, 6.45) is 14.2. The Morgan fingerprint density at radius 2 is 1.73 bits per heavy atom. The van der Waals surface area contributed by atoms with Gasteiger partial charge in [0.05, 0.1) is 0 Å². The number of hydrogen-bond donors (Lipinski definition) is 1. The highest BCUT2D eigenvalue weighted by Crippen LogP contribution is 2.12. The van der Waals surface area contributed by atoms with Crippen molar-refractivity contribution in [2.24, 2.45) is 0 Å². The number of hydrogen-bond acceptors (Lipinski definition) is 0. The van der Waals surface area contributed by atoms with E-state index < -0.39 is 0 Å². The summed E-state index contributed by atoms with van der Waals surface area (Å²) in [5, 5.41) is 0. The van der Waals surface area contributed by atoms with Crippen LogP contribution in [0.5, 0.6) is 0 Å². The average Bonchev–Trinajstić information content (AvgIpc) is 2.35. The van der Waals surface area contributed by atoms with Gasteiger partial charge >= 0.3 is 0 Å². The van der Waals surface area contributed by atoms with Crippen LogP contribution in [0.4, 0.5) is 0 Å². The SMILES string of the molecule is C1=C\C=C/c2[nH]ccc2\C=C/1. The molecule has 1 aromatic rings. The molecule has 54 valence electrons. The van der Waals surface area contributed by atoms with E-state index in [9.17, 15) is 0 Å². The fraction of sp³-hybridized carbons (Fsp3) is 0. The number of aromatic nitrogens is 1. The molecule has 0 saturated heterocycles. The van der Waals surface area contributed by atoms with Gasteiger partial charge in [0.2, 0.25) is 0 Å². The molecule has 11 heavy (non-hydrogen) atoms. The number of H-pyrrole nitrogens is 1. The molecule has 0 radical (unpaired) electrons. The Morgan fingerprint density at radius 3 is 2.64 bits per heavy atom. The van der Waals surface area contributed by atoms with Crippen LogP contribution < -0.4 is 0 Å². The molecule has 0 unspecified atom stereocenters. The van der Waals surface area contributed by atoms with Gasteiger partial charge in [0.1, 0.15) is 0 Å². The predicted octanol–water partition coefficient (Wildman–Crippen LogP) is 2.61. The average molecular weight is 143 g/mol. The van der Waals surface area contributed by atoms with Gasteiger partial charge in [-0.05, 0) is 17.7 Å². The maximum Gasteiger partial charge on any atom is 0.0453 e. The first kappa shape index (κ1) is 6.23. The van der Waals surface area contributed by atoms with Gasteiger partial charge in [0.25, 0.3) is 0 Å². The minimum absolute atomic E-state index is 1.17. The van der Waals surface area contributed by atoms with E-state index in [1.54, 1.807) is 0 Å². The summed E-state index contributed by atoms with van der Waals surface area (Å²) in [5.74, 6) is 0. The summed E-state index contributed by atoms with van der Waals surface area (Å²) in [6, 6.07) is 2.06. The highest BCUT2D eigenvalue weighted by molar-refractivity contribution is 5.65. The van der Waals surface area contributed by atoms with Crippen molar-refractivity contribution in [3.8, 4) is 0 Å². The lowest BCUT2D eigenvalue weighted by Crippen LogP contribution is -1.75. The van der Waals surface area contributed by atoms with Crippen molar-refractivity contribution in [3.05, 3.63) is 47.8 Å². The minimum atomic E-state index is 1.17. The van der Waals surface area contributed by atoms with E-state index in [0.29, 0.717) is 0 Å². The molecule has 1 aliphatic carbocycles. The highest BCUT2D eigenvalue weighted by Gasteiger charge is 1.94. The molecule has 0 amide bonds. The summed E-state index contributed by atoms with van der Waals surface area (Å²) in [4.78, 5) is 3.15. The van der Waals surface area contributed by atoms with E-state index in [0.717, 1.165) is 0 Å². The Labute approximate surface area is 65.8 Å². The van der Waals surface area contributed by atoms with Gasteiger partial charge in [-0.1, -0.05) is 30.4 Å². The molecule has 1 heteroatoms. The largest absolute Gasteiger partial charge is 0.361 e. The molecule has 1 heterocycles. The molecule has 1 aliphatic rings. The van der Waals surface area contributed by atoms with E-state index in [-0.39, 0.29) is 0 Å². The van der Waals surface area contributed by atoms with Gasteiger partial charge in [0.15, 0.2) is 0 Å². The molecule has 0 saturated carbocycles. The van der Waals surface area contributed by atoms with Crippen LogP contribution in [0.2, 0.25) is 0 Å². The summed E-state index contributed by atoms with van der Waals surface area (Å²) in [6.45, 7) is 0. The van der Waals surface area contributed by atoms with E-state index >= 15 is 0 Å². The summed E-state index contributed by atoms with van der Waals surface area (Å²) >= 11 is 0. The summed E-state index contributed by atoms with van der Waals surface area (Å²) in [7, 11) is 0. The van der Waals surface area contributed by atoms with Gasteiger partial charge in [0, 0.05) is 11.9 Å². The van der Waals surface area contributed by atoms with Gasteiger partial charge in [-0.2, -0.15) is 0 Å². The van der Waals surface area contributed by atoms with Crippen LogP contribution in [-0.2, 0) is 0 Å². The molecule has 0 fully saturated rings. The Kier molecular flexibility index (Phi) is 1.48. The fourth-order valence-corrected chi connectivity index (χ4v) is 1.12. The second-order valence-corrected chi connectivity index (χ2v) is 2.45. The quantitative estimate of drug-likeness (QED) is 0.574. The van der Waals surface area contributed by atoms with Crippen molar-refractivity contribution in [2.45, 2.75) is 0 Å². The molecule has 0 atom stereocenters. The number of nitrogens with one attached hydrogen (secondary N) is 1. The first-order valence-electron chi connectivity index (χ1n) is 3.65. The number of rotatable bonds is 0. The van der Waals surface area contributed by atoms with Gasteiger partial charge in [-0.3, -0.25) is 0 Å². The van der Waals surface area contributed by atoms with Crippen molar-refractivity contribution in [1.29, 1.82) is 0 Å². The zero-order valence-electron chi connectivity index (χ0n) is 6.12. The lowest BCUT2D eigenvalue weighted by atomic mass is 10.2. The predicted molar refractivity (Wildman–Crippen MR) is 48.0 cm³/mol.